The summed E-state index contributed by atoms with van der Waals surface area (Å²) in [5.74, 6) is -0.369. The fourth-order valence-corrected chi connectivity index (χ4v) is 2.51. The highest BCUT2D eigenvalue weighted by Gasteiger charge is 2.21. The van der Waals surface area contributed by atoms with Crippen molar-refractivity contribution in [1.82, 2.24) is 5.32 Å². The van der Waals surface area contributed by atoms with Crippen LogP contribution in [0.25, 0.3) is 0 Å². The molecule has 2 aromatic rings. The molecule has 0 heterocycles. The molecule has 2 N–H and O–H groups in total. The Balaban J connectivity index is 2.41. The third-order valence-corrected chi connectivity index (χ3v) is 4.17. The predicted octanol–water partition coefficient (Wildman–Crippen LogP) is 4.17. The van der Waals surface area contributed by atoms with E-state index in [9.17, 15) is 19.7 Å². The summed E-state index contributed by atoms with van der Waals surface area (Å²) >= 11 is 0. The number of nitrogens with one attached hydrogen (secondary N) is 2. The van der Waals surface area contributed by atoms with Gasteiger partial charge in [0, 0.05) is 24.9 Å². The molecule has 2 rings (SSSR count). The quantitative estimate of drug-likeness (QED) is 0.606. The van der Waals surface area contributed by atoms with E-state index in [2.05, 4.69) is 10.6 Å². The average Bonchev–Trinajstić information content (AvgIpc) is 2.62. The molecule has 0 saturated carbocycles. The third-order valence-electron chi connectivity index (χ3n) is 4.17. The average molecular weight is 385 g/mol. The van der Waals surface area contributed by atoms with Crippen LogP contribution in [0.15, 0.2) is 36.4 Å². The molecule has 2 amide bonds. The lowest BCUT2D eigenvalue weighted by Gasteiger charge is -2.21. The number of nitro benzene ring substituents is 1. The van der Waals surface area contributed by atoms with Crippen molar-refractivity contribution in [2.24, 2.45) is 0 Å². The smallest absolute Gasteiger partial charge is 0.410 e. The molecule has 0 atom stereocenters. The predicted molar refractivity (Wildman–Crippen MR) is 106 cm³/mol. The van der Waals surface area contributed by atoms with Crippen LogP contribution >= 0.6 is 0 Å². The molecule has 0 unspecified atom stereocenters. The highest BCUT2D eigenvalue weighted by molar-refractivity contribution is 6.07. The largest absolute Gasteiger partial charge is 0.412 e. The van der Waals surface area contributed by atoms with E-state index < -0.39 is 16.9 Å². The van der Waals surface area contributed by atoms with E-state index in [4.69, 9.17) is 4.74 Å². The van der Waals surface area contributed by atoms with E-state index in [0.717, 1.165) is 5.56 Å². The van der Waals surface area contributed by atoms with Crippen LogP contribution < -0.4 is 15.4 Å². The zero-order valence-electron chi connectivity index (χ0n) is 16.5. The summed E-state index contributed by atoms with van der Waals surface area (Å²) in [5.41, 5.74) is 1.78. The van der Waals surface area contributed by atoms with Crippen molar-refractivity contribution in [1.29, 1.82) is 0 Å². The van der Waals surface area contributed by atoms with Gasteiger partial charge in [0.1, 0.15) is 5.75 Å². The van der Waals surface area contributed by atoms with Gasteiger partial charge in [-0.2, -0.15) is 0 Å². The monoisotopic (exact) mass is 385 g/mol. The standard InChI is InChI=1S/C20H23N3O5/c1-12-10-14(23(26)27)7-8-16(12)22-18(24)15-11-13(20(2,3)4)6-9-17(15)28-19(25)21-5/h6-11H,1-5H3,(H,21,25)(H,22,24). The van der Waals surface area contributed by atoms with Crippen molar-refractivity contribution < 1.29 is 19.2 Å². The fourth-order valence-electron chi connectivity index (χ4n) is 2.51. The Hall–Kier alpha value is -3.42. The Labute approximate surface area is 163 Å². The Morgan fingerprint density at radius 1 is 1.11 bits per heavy atom. The minimum Gasteiger partial charge on any atom is -0.410 e. The van der Waals surface area contributed by atoms with Crippen molar-refractivity contribution >= 4 is 23.4 Å². The molecule has 8 nitrogen and oxygen atoms in total. The van der Waals surface area contributed by atoms with Crippen molar-refractivity contribution in [3.63, 3.8) is 0 Å². The molecule has 0 saturated heterocycles. The summed E-state index contributed by atoms with van der Waals surface area (Å²) in [6, 6.07) is 9.21. The number of hydrogen-bond donors (Lipinski definition) is 2. The number of benzene rings is 2. The van der Waals surface area contributed by atoms with Crippen molar-refractivity contribution in [3.05, 3.63) is 63.2 Å². The number of carbonyl (C=O) groups is 2. The molecule has 0 spiro atoms. The first-order valence-corrected chi connectivity index (χ1v) is 8.63. The van der Waals surface area contributed by atoms with E-state index in [-0.39, 0.29) is 22.4 Å². The normalized spacial score (nSPS) is 10.9. The van der Waals surface area contributed by atoms with Crippen LogP contribution in [0.4, 0.5) is 16.2 Å². The zero-order valence-corrected chi connectivity index (χ0v) is 16.5. The summed E-state index contributed by atoms with van der Waals surface area (Å²) in [4.78, 5) is 34.9. The number of amides is 2. The first-order chi connectivity index (χ1) is 13.0. The number of carbonyl (C=O) groups excluding carboxylic acids is 2. The number of anilines is 1. The van der Waals surface area contributed by atoms with Gasteiger partial charge in [-0.1, -0.05) is 26.8 Å². The maximum Gasteiger partial charge on any atom is 0.412 e. The minimum absolute atomic E-state index is 0.0612. The molecule has 2 aromatic carbocycles. The molecule has 28 heavy (non-hydrogen) atoms. The molecule has 8 heteroatoms. The van der Waals surface area contributed by atoms with Gasteiger partial charge in [0.25, 0.3) is 11.6 Å². The molecular weight excluding hydrogens is 362 g/mol. The van der Waals surface area contributed by atoms with E-state index >= 15 is 0 Å². The Morgan fingerprint density at radius 3 is 2.32 bits per heavy atom. The molecule has 0 aliphatic carbocycles. The van der Waals surface area contributed by atoms with Gasteiger partial charge in [0.15, 0.2) is 0 Å². The van der Waals surface area contributed by atoms with E-state index in [0.29, 0.717) is 11.3 Å². The lowest BCUT2D eigenvalue weighted by Crippen LogP contribution is -2.24. The number of aryl methyl sites for hydroxylation is 1. The molecule has 0 aromatic heterocycles. The number of non-ortho nitro benzene ring substituents is 1. The summed E-state index contributed by atoms with van der Waals surface area (Å²) in [7, 11) is 1.42. The summed E-state index contributed by atoms with van der Waals surface area (Å²) in [6.07, 6.45) is -0.691. The second-order valence-electron chi connectivity index (χ2n) is 7.31. The first-order valence-electron chi connectivity index (χ1n) is 8.63. The van der Waals surface area contributed by atoms with Crippen LogP contribution in [0.5, 0.6) is 5.75 Å². The summed E-state index contributed by atoms with van der Waals surface area (Å²) in [5, 5.41) is 16.0. The van der Waals surface area contributed by atoms with Gasteiger partial charge in [-0.3, -0.25) is 14.9 Å². The topological polar surface area (TPSA) is 111 Å². The fraction of sp³-hybridized carbons (Fsp3) is 0.300. The van der Waals surface area contributed by atoms with Crippen LogP contribution in [-0.4, -0.2) is 24.0 Å². The van der Waals surface area contributed by atoms with Gasteiger partial charge in [0.05, 0.1) is 10.5 Å². The highest BCUT2D eigenvalue weighted by atomic mass is 16.6. The number of nitrogens with zero attached hydrogens (tertiary/aromatic N) is 1. The summed E-state index contributed by atoms with van der Waals surface area (Å²) < 4.78 is 5.20. The van der Waals surface area contributed by atoms with Crippen molar-refractivity contribution in [3.8, 4) is 5.75 Å². The van der Waals surface area contributed by atoms with Crippen LogP contribution in [0, 0.1) is 17.0 Å². The van der Waals surface area contributed by atoms with Crippen LogP contribution in [0.2, 0.25) is 0 Å². The second kappa shape index (κ2) is 8.08. The zero-order chi connectivity index (χ0) is 21.1. The summed E-state index contributed by atoms with van der Waals surface area (Å²) in [6.45, 7) is 7.67. The van der Waals surface area contributed by atoms with Gasteiger partial charge >= 0.3 is 6.09 Å². The molecule has 0 aliphatic heterocycles. The number of nitro groups is 1. The molecule has 0 aliphatic rings. The van der Waals surface area contributed by atoms with E-state index in [1.165, 1.54) is 25.2 Å². The molecule has 148 valence electrons. The highest BCUT2D eigenvalue weighted by Crippen LogP contribution is 2.29. The van der Waals surface area contributed by atoms with Gasteiger partial charge in [-0.05, 0) is 41.7 Å². The van der Waals surface area contributed by atoms with Crippen LogP contribution in [0.3, 0.4) is 0 Å². The lowest BCUT2D eigenvalue weighted by atomic mass is 9.86. The minimum atomic E-state index is -0.691. The maximum absolute atomic E-state index is 12.9. The number of rotatable bonds is 4. The molecule has 0 fully saturated rings. The van der Waals surface area contributed by atoms with Crippen LogP contribution in [-0.2, 0) is 5.41 Å². The van der Waals surface area contributed by atoms with Gasteiger partial charge in [-0.15, -0.1) is 0 Å². The Morgan fingerprint density at radius 2 is 1.79 bits per heavy atom. The van der Waals surface area contributed by atoms with Gasteiger partial charge < -0.3 is 15.4 Å². The van der Waals surface area contributed by atoms with E-state index in [1.54, 1.807) is 25.1 Å². The number of hydrogen-bond acceptors (Lipinski definition) is 5. The van der Waals surface area contributed by atoms with E-state index in [1.807, 2.05) is 20.8 Å². The van der Waals surface area contributed by atoms with Gasteiger partial charge in [0.2, 0.25) is 0 Å². The lowest BCUT2D eigenvalue weighted by molar-refractivity contribution is -0.384. The Kier molecular flexibility index (Phi) is 6.03. The second-order valence-corrected chi connectivity index (χ2v) is 7.31. The Bertz CT molecular complexity index is 932. The van der Waals surface area contributed by atoms with Crippen molar-refractivity contribution in [2.75, 3.05) is 12.4 Å². The van der Waals surface area contributed by atoms with Crippen LogP contribution in [0.1, 0.15) is 42.3 Å². The molecule has 0 radical (unpaired) electrons. The molecule has 0 bridgehead atoms. The first kappa shape index (κ1) is 20.9. The van der Waals surface area contributed by atoms with Gasteiger partial charge in [-0.25, -0.2) is 4.79 Å². The maximum atomic E-state index is 12.9. The number of ether oxygens (including phenoxy) is 1. The van der Waals surface area contributed by atoms with Crippen molar-refractivity contribution in [2.45, 2.75) is 33.1 Å². The molecular formula is C20H23N3O5. The third kappa shape index (κ3) is 4.85. The SMILES string of the molecule is CNC(=O)Oc1ccc(C(C)(C)C)cc1C(=O)Nc1ccc([N+](=O)[O-])cc1C.